The van der Waals surface area contributed by atoms with Crippen molar-refractivity contribution in [1.82, 2.24) is 10.2 Å². The van der Waals surface area contributed by atoms with Gasteiger partial charge in [0, 0.05) is 19.6 Å². The number of benzene rings is 1. The van der Waals surface area contributed by atoms with Crippen LogP contribution in [0.15, 0.2) is 30.3 Å². The molecule has 2 aliphatic heterocycles. The molecule has 25 heavy (non-hydrogen) atoms. The third-order valence-electron chi connectivity index (χ3n) is 5.22. The first kappa shape index (κ1) is 17.7. The Morgan fingerprint density at radius 1 is 1.20 bits per heavy atom. The van der Waals surface area contributed by atoms with Crippen LogP contribution in [-0.2, 0) is 20.9 Å². The van der Waals surface area contributed by atoms with Gasteiger partial charge in [0.15, 0.2) is 0 Å². The number of likely N-dealkylation sites (tertiary alicyclic amines) is 1. The fraction of sp³-hybridized carbons (Fsp3) is 0.579. The average molecular weight is 346 g/mol. The number of nitrogens with one attached hydrogen (secondary N) is 1. The first-order valence-electron chi connectivity index (χ1n) is 8.97. The number of carbonyl (C=O) groups excluding carboxylic acids is 2. The molecule has 0 radical (unpaired) electrons. The lowest BCUT2D eigenvalue weighted by molar-refractivity contribution is -0.145. The largest absolute Gasteiger partial charge is 0.465 e. The Hall–Kier alpha value is -2.08. The second-order valence-electron chi connectivity index (χ2n) is 6.92. The van der Waals surface area contributed by atoms with Crippen LogP contribution in [0.4, 0.5) is 4.79 Å². The van der Waals surface area contributed by atoms with Gasteiger partial charge in [0.25, 0.3) is 0 Å². The van der Waals surface area contributed by atoms with Crippen molar-refractivity contribution in [1.29, 1.82) is 0 Å². The standard InChI is InChI=1S/C19H26N2O4/c1-2-24-17(22)16-12-19(14-20-16)8-10-21(11-9-19)18(23)25-13-15-6-4-3-5-7-15/h3-7,16,20H,2,8-14H2,1H3/t16-/m0/s1. The number of amides is 1. The number of hydrogen-bond acceptors (Lipinski definition) is 5. The van der Waals surface area contributed by atoms with Crippen LogP contribution in [0.5, 0.6) is 0 Å². The lowest BCUT2D eigenvalue weighted by atomic mass is 9.76. The summed E-state index contributed by atoms with van der Waals surface area (Å²) in [5.41, 5.74) is 1.08. The van der Waals surface area contributed by atoms with E-state index in [1.54, 1.807) is 4.90 Å². The first-order valence-corrected chi connectivity index (χ1v) is 8.97. The van der Waals surface area contributed by atoms with E-state index in [4.69, 9.17) is 9.47 Å². The first-order chi connectivity index (χ1) is 12.1. The highest BCUT2D eigenvalue weighted by Gasteiger charge is 2.44. The van der Waals surface area contributed by atoms with Gasteiger partial charge in [-0.1, -0.05) is 30.3 Å². The van der Waals surface area contributed by atoms with Crippen LogP contribution in [0, 0.1) is 5.41 Å². The van der Waals surface area contributed by atoms with E-state index in [1.165, 1.54) is 0 Å². The maximum atomic E-state index is 12.2. The lowest BCUT2D eigenvalue weighted by Crippen LogP contribution is -2.44. The van der Waals surface area contributed by atoms with Crippen LogP contribution in [0.2, 0.25) is 0 Å². The highest BCUT2D eigenvalue weighted by Crippen LogP contribution is 2.39. The van der Waals surface area contributed by atoms with Gasteiger partial charge in [-0.15, -0.1) is 0 Å². The number of rotatable bonds is 4. The Kier molecular flexibility index (Phi) is 5.58. The van der Waals surface area contributed by atoms with Crippen LogP contribution in [-0.4, -0.2) is 49.2 Å². The van der Waals surface area contributed by atoms with Crippen molar-refractivity contribution in [2.75, 3.05) is 26.2 Å². The summed E-state index contributed by atoms with van der Waals surface area (Å²) >= 11 is 0. The fourth-order valence-electron chi connectivity index (χ4n) is 3.68. The van der Waals surface area contributed by atoms with Crippen LogP contribution in [0.1, 0.15) is 31.7 Å². The van der Waals surface area contributed by atoms with E-state index in [1.807, 2.05) is 37.3 Å². The number of esters is 1. The van der Waals surface area contributed by atoms with E-state index in [0.29, 0.717) is 26.3 Å². The molecule has 2 heterocycles. The molecule has 0 saturated carbocycles. The summed E-state index contributed by atoms with van der Waals surface area (Å²) in [7, 11) is 0. The Bertz CT molecular complexity index is 597. The molecule has 6 nitrogen and oxygen atoms in total. The van der Waals surface area contributed by atoms with Crippen LogP contribution < -0.4 is 5.32 Å². The maximum Gasteiger partial charge on any atom is 0.410 e. The molecule has 2 fully saturated rings. The smallest absolute Gasteiger partial charge is 0.410 e. The van der Waals surface area contributed by atoms with Gasteiger partial charge in [-0.05, 0) is 37.2 Å². The van der Waals surface area contributed by atoms with Crippen molar-refractivity contribution in [3.63, 3.8) is 0 Å². The molecule has 3 rings (SSSR count). The average Bonchev–Trinajstić information content (AvgIpc) is 3.05. The van der Waals surface area contributed by atoms with Gasteiger partial charge in [-0.25, -0.2) is 4.79 Å². The second-order valence-corrected chi connectivity index (χ2v) is 6.92. The zero-order valence-electron chi connectivity index (χ0n) is 14.7. The molecule has 1 amide bonds. The van der Waals surface area contributed by atoms with Crippen molar-refractivity contribution < 1.29 is 19.1 Å². The van der Waals surface area contributed by atoms with Gasteiger partial charge in [-0.3, -0.25) is 4.79 Å². The summed E-state index contributed by atoms with van der Waals surface area (Å²) in [5, 5.41) is 3.28. The van der Waals surface area contributed by atoms with Crippen molar-refractivity contribution in [3.05, 3.63) is 35.9 Å². The normalized spacial score (nSPS) is 22.0. The van der Waals surface area contributed by atoms with Crippen molar-refractivity contribution in [2.45, 2.75) is 38.8 Å². The van der Waals surface area contributed by atoms with Crippen LogP contribution in [0.25, 0.3) is 0 Å². The van der Waals surface area contributed by atoms with Crippen LogP contribution >= 0.6 is 0 Å². The molecule has 2 aliphatic rings. The number of nitrogens with zero attached hydrogens (tertiary/aromatic N) is 1. The van der Waals surface area contributed by atoms with Gasteiger partial charge in [0.1, 0.15) is 12.6 Å². The SMILES string of the molecule is CCOC(=O)[C@@H]1CC2(CCN(C(=O)OCc3ccccc3)CC2)CN1. The van der Waals surface area contributed by atoms with E-state index < -0.39 is 0 Å². The van der Waals surface area contributed by atoms with E-state index in [0.717, 1.165) is 31.4 Å². The molecule has 136 valence electrons. The van der Waals surface area contributed by atoms with E-state index in [-0.39, 0.29) is 23.5 Å². The molecule has 1 atom stereocenters. The lowest BCUT2D eigenvalue weighted by Gasteiger charge is -2.38. The summed E-state index contributed by atoms with van der Waals surface area (Å²) < 4.78 is 10.5. The topological polar surface area (TPSA) is 67.9 Å². The predicted octanol–water partition coefficient (Wildman–Crippen LogP) is 2.33. The minimum absolute atomic E-state index is 0.0909. The minimum Gasteiger partial charge on any atom is -0.465 e. The van der Waals surface area contributed by atoms with Gasteiger partial charge in [-0.2, -0.15) is 0 Å². The van der Waals surface area contributed by atoms with Gasteiger partial charge >= 0.3 is 12.1 Å². The second kappa shape index (κ2) is 7.87. The zero-order valence-corrected chi connectivity index (χ0v) is 14.7. The quantitative estimate of drug-likeness (QED) is 0.848. The van der Waals surface area contributed by atoms with Gasteiger partial charge < -0.3 is 19.7 Å². The van der Waals surface area contributed by atoms with Crippen molar-refractivity contribution >= 4 is 12.1 Å². The highest BCUT2D eigenvalue weighted by molar-refractivity contribution is 5.76. The molecule has 0 aliphatic carbocycles. The van der Waals surface area contributed by atoms with Crippen molar-refractivity contribution in [2.24, 2.45) is 5.41 Å². The highest BCUT2D eigenvalue weighted by atomic mass is 16.6. The number of hydrogen-bond donors (Lipinski definition) is 1. The summed E-state index contributed by atoms with van der Waals surface area (Å²) in [4.78, 5) is 25.9. The monoisotopic (exact) mass is 346 g/mol. The molecule has 1 aromatic rings. The number of piperidine rings is 1. The van der Waals surface area contributed by atoms with Gasteiger partial charge in [0.05, 0.1) is 6.61 Å². The molecule has 1 spiro atoms. The summed E-state index contributed by atoms with van der Waals surface area (Å²) in [6.45, 7) is 4.68. The Morgan fingerprint density at radius 2 is 1.92 bits per heavy atom. The maximum absolute atomic E-state index is 12.2. The molecule has 2 saturated heterocycles. The number of ether oxygens (including phenoxy) is 2. The summed E-state index contributed by atoms with van der Waals surface area (Å²) in [5.74, 6) is -0.163. The Morgan fingerprint density at radius 3 is 2.60 bits per heavy atom. The molecule has 0 bridgehead atoms. The molecule has 0 aromatic heterocycles. The Labute approximate surface area is 148 Å². The van der Waals surface area contributed by atoms with Crippen LogP contribution in [0.3, 0.4) is 0 Å². The Balaban J connectivity index is 1.45. The van der Waals surface area contributed by atoms with E-state index in [9.17, 15) is 9.59 Å². The fourth-order valence-corrected chi connectivity index (χ4v) is 3.68. The molecule has 1 N–H and O–H groups in total. The molecule has 6 heteroatoms. The molecule has 0 unspecified atom stereocenters. The third-order valence-corrected chi connectivity index (χ3v) is 5.22. The molecular formula is C19H26N2O4. The molecule has 1 aromatic carbocycles. The number of carbonyl (C=O) groups is 2. The summed E-state index contributed by atoms with van der Waals surface area (Å²) in [6, 6.07) is 9.48. The zero-order chi connectivity index (χ0) is 17.7. The third kappa shape index (κ3) is 4.31. The van der Waals surface area contributed by atoms with E-state index in [2.05, 4.69) is 5.32 Å². The van der Waals surface area contributed by atoms with E-state index >= 15 is 0 Å². The minimum atomic E-state index is -0.258. The predicted molar refractivity (Wildman–Crippen MR) is 92.9 cm³/mol. The van der Waals surface area contributed by atoms with Crippen molar-refractivity contribution in [3.8, 4) is 0 Å². The summed E-state index contributed by atoms with van der Waals surface area (Å²) in [6.07, 6.45) is 2.30. The van der Waals surface area contributed by atoms with Gasteiger partial charge in [0.2, 0.25) is 0 Å². The molecular weight excluding hydrogens is 320 g/mol.